The van der Waals surface area contributed by atoms with Gasteiger partial charge in [-0.3, -0.25) is 0 Å². The van der Waals surface area contributed by atoms with Gasteiger partial charge in [0.05, 0.1) is 11.6 Å². The number of aldehydes is 1. The van der Waals surface area contributed by atoms with Gasteiger partial charge in [0, 0.05) is 6.42 Å². The molecule has 0 spiro atoms. The third-order valence-corrected chi connectivity index (χ3v) is 2.67. The number of rotatable bonds is 4. The minimum Gasteiger partial charge on any atom is -0.444 e. The number of halogens is 4. The van der Waals surface area contributed by atoms with Crippen LogP contribution in [0.2, 0.25) is 0 Å². The van der Waals surface area contributed by atoms with Gasteiger partial charge >= 0.3 is 12.3 Å². The van der Waals surface area contributed by atoms with E-state index in [0.29, 0.717) is 18.4 Å². The Bertz CT molecular complexity index is 579. The van der Waals surface area contributed by atoms with Crippen molar-refractivity contribution in [1.82, 2.24) is 5.32 Å². The molecule has 0 heterocycles. The van der Waals surface area contributed by atoms with Crippen molar-refractivity contribution in [3.8, 4) is 0 Å². The second kappa shape index (κ2) is 6.97. The van der Waals surface area contributed by atoms with E-state index < -0.39 is 35.3 Å². The molecule has 1 aromatic carbocycles. The standard InChI is InChI=1S/C15H17F4NO3/c1-14(2,3)23-13(22)20-12(4-5-21)9-6-10(15(17,18)19)8-11(16)7-9/h5-8,12H,4H2,1-3H3,(H,20,22)/t12-/m0/s1. The first kappa shape index (κ1) is 18.9. The number of hydrogen-bond acceptors (Lipinski definition) is 3. The maximum atomic E-state index is 13.4. The van der Waals surface area contributed by atoms with Crippen LogP contribution in [0, 0.1) is 5.82 Å². The highest BCUT2D eigenvalue weighted by Gasteiger charge is 2.32. The molecule has 1 atom stereocenters. The molecule has 1 rings (SSSR count). The van der Waals surface area contributed by atoms with E-state index in [1.807, 2.05) is 0 Å². The minimum atomic E-state index is -4.74. The van der Waals surface area contributed by atoms with Crippen LogP contribution < -0.4 is 5.32 Å². The Hall–Kier alpha value is -2.12. The molecular weight excluding hydrogens is 318 g/mol. The summed E-state index contributed by atoms with van der Waals surface area (Å²) in [6, 6.07) is 0.740. The summed E-state index contributed by atoms with van der Waals surface area (Å²) in [6.07, 6.45) is -5.56. The summed E-state index contributed by atoms with van der Waals surface area (Å²) in [4.78, 5) is 22.4. The van der Waals surface area contributed by atoms with Crippen LogP contribution in [0.3, 0.4) is 0 Å². The van der Waals surface area contributed by atoms with E-state index >= 15 is 0 Å². The second-order valence-corrected chi connectivity index (χ2v) is 5.87. The summed E-state index contributed by atoms with van der Waals surface area (Å²) in [6.45, 7) is 4.81. The van der Waals surface area contributed by atoms with Crippen LogP contribution in [0.15, 0.2) is 18.2 Å². The quantitative estimate of drug-likeness (QED) is 0.668. The van der Waals surface area contributed by atoms with Crippen molar-refractivity contribution in [2.75, 3.05) is 0 Å². The van der Waals surface area contributed by atoms with Crippen molar-refractivity contribution >= 4 is 12.4 Å². The number of carbonyl (C=O) groups excluding carboxylic acids is 2. The highest BCUT2D eigenvalue weighted by Crippen LogP contribution is 2.32. The number of hydrogen-bond donors (Lipinski definition) is 1. The van der Waals surface area contributed by atoms with Gasteiger partial charge in [0.2, 0.25) is 0 Å². The van der Waals surface area contributed by atoms with Crippen molar-refractivity contribution in [2.24, 2.45) is 0 Å². The van der Waals surface area contributed by atoms with Gasteiger partial charge in [-0.1, -0.05) is 0 Å². The lowest BCUT2D eigenvalue weighted by molar-refractivity contribution is -0.137. The van der Waals surface area contributed by atoms with Crippen molar-refractivity contribution in [2.45, 2.75) is 45.0 Å². The molecule has 0 aliphatic heterocycles. The largest absolute Gasteiger partial charge is 0.444 e. The van der Waals surface area contributed by atoms with Crippen LogP contribution in [-0.2, 0) is 15.7 Å². The van der Waals surface area contributed by atoms with Crippen LogP contribution in [-0.4, -0.2) is 18.0 Å². The Morgan fingerprint density at radius 1 is 1.26 bits per heavy atom. The lowest BCUT2D eigenvalue weighted by atomic mass is 10.0. The first-order valence-electron chi connectivity index (χ1n) is 6.73. The molecule has 0 bridgehead atoms. The Kier molecular flexibility index (Phi) is 5.74. The molecule has 1 N–H and O–H groups in total. The predicted octanol–water partition coefficient (Wildman–Crippen LogP) is 4.00. The van der Waals surface area contributed by atoms with Gasteiger partial charge in [0.25, 0.3) is 0 Å². The number of nitrogens with one attached hydrogen (secondary N) is 1. The third-order valence-electron chi connectivity index (χ3n) is 2.67. The van der Waals surface area contributed by atoms with E-state index in [9.17, 15) is 27.2 Å². The zero-order chi connectivity index (χ0) is 17.8. The van der Waals surface area contributed by atoms with Gasteiger partial charge in [0.1, 0.15) is 17.7 Å². The number of benzene rings is 1. The number of amides is 1. The molecular formula is C15H17F4NO3. The molecule has 0 saturated heterocycles. The summed E-state index contributed by atoms with van der Waals surface area (Å²) in [5, 5.41) is 2.27. The molecule has 23 heavy (non-hydrogen) atoms. The maximum absolute atomic E-state index is 13.4. The summed E-state index contributed by atoms with van der Waals surface area (Å²) in [5.41, 5.74) is -2.20. The van der Waals surface area contributed by atoms with Crippen molar-refractivity contribution in [1.29, 1.82) is 0 Å². The number of alkyl carbamates (subject to hydrolysis) is 1. The van der Waals surface area contributed by atoms with Gasteiger partial charge in [0.15, 0.2) is 0 Å². The molecule has 4 nitrogen and oxygen atoms in total. The highest BCUT2D eigenvalue weighted by atomic mass is 19.4. The second-order valence-electron chi connectivity index (χ2n) is 5.87. The van der Waals surface area contributed by atoms with E-state index in [0.717, 1.165) is 6.07 Å². The van der Waals surface area contributed by atoms with Crippen LogP contribution in [0.25, 0.3) is 0 Å². The van der Waals surface area contributed by atoms with Gasteiger partial charge < -0.3 is 14.8 Å². The summed E-state index contributed by atoms with van der Waals surface area (Å²) < 4.78 is 56.6. The molecule has 1 aromatic rings. The lowest BCUT2D eigenvalue weighted by Crippen LogP contribution is -2.35. The van der Waals surface area contributed by atoms with E-state index in [-0.39, 0.29) is 12.0 Å². The average Bonchev–Trinajstić information content (AvgIpc) is 2.34. The number of alkyl halides is 3. The zero-order valence-electron chi connectivity index (χ0n) is 12.8. The number of ether oxygens (including phenoxy) is 1. The van der Waals surface area contributed by atoms with Crippen LogP contribution in [0.5, 0.6) is 0 Å². The van der Waals surface area contributed by atoms with E-state index in [4.69, 9.17) is 4.74 Å². The zero-order valence-corrected chi connectivity index (χ0v) is 12.8. The van der Waals surface area contributed by atoms with Crippen molar-refractivity contribution < 1.29 is 31.9 Å². The molecule has 0 aliphatic rings. The van der Waals surface area contributed by atoms with Gasteiger partial charge in [-0.05, 0) is 44.5 Å². The molecule has 1 amide bonds. The summed E-state index contributed by atoms with van der Waals surface area (Å²) in [7, 11) is 0. The first-order valence-corrected chi connectivity index (χ1v) is 6.73. The first-order chi connectivity index (χ1) is 10.4. The smallest absolute Gasteiger partial charge is 0.416 e. The summed E-state index contributed by atoms with van der Waals surface area (Å²) >= 11 is 0. The SMILES string of the molecule is CC(C)(C)OC(=O)N[C@@H](CC=O)c1cc(F)cc(C(F)(F)F)c1. The molecule has 0 aromatic heterocycles. The van der Waals surface area contributed by atoms with Gasteiger partial charge in [-0.15, -0.1) is 0 Å². The molecule has 0 unspecified atom stereocenters. The van der Waals surface area contributed by atoms with Crippen molar-refractivity contribution in [3.63, 3.8) is 0 Å². The highest BCUT2D eigenvalue weighted by molar-refractivity contribution is 5.69. The average molecular weight is 335 g/mol. The third kappa shape index (κ3) is 6.25. The van der Waals surface area contributed by atoms with Crippen molar-refractivity contribution in [3.05, 3.63) is 35.1 Å². The number of carbonyl (C=O) groups is 2. The Labute approximate surface area is 130 Å². The van der Waals surface area contributed by atoms with Gasteiger partial charge in [-0.2, -0.15) is 13.2 Å². The van der Waals surface area contributed by atoms with E-state index in [1.165, 1.54) is 0 Å². The lowest BCUT2D eigenvalue weighted by Gasteiger charge is -2.23. The summed E-state index contributed by atoms with van der Waals surface area (Å²) in [5.74, 6) is -1.11. The topological polar surface area (TPSA) is 55.4 Å². The molecule has 8 heteroatoms. The van der Waals surface area contributed by atoms with E-state index in [1.54, 1.807) is 20.8 Å². The Balaban J connectivity index is 3.08. The molecule has 0 aliphatic carbocycles. The van der Waals surface area contributed by atoms with E-state index in [2.05, 4.69) is 5.32 Å². The Morgan fingerprint density at radius 3 is 2.35 bits per heavy atom. The normalized spacial score (nSPS) is 13.3. The molecule has 0 fully saturated rings. The fraction of sp³-hybridized carbons (Fsp3) is 0.467. The predicted molar refractivity (Wildman–Crippen MR) is 74.2 cm³/mol. The fourth-order valence-corrected chi connectivity index (χ4v) is 1.80. The van der Waals surface area contributed by atoms with Crippen LogP contribution in [0.1, 0.15) is 44.4 Å². The molecule has 128 valence electrons. The fourth-order valence-electron chi connectivity index (χ4n) is 1.80. The monoisotopic (exact) mass is 335 g/mol. The minimum absolute atomic E-state index is 0.171. The van der Waals surface area contributed by atoms with Crippen LogP contribution in [0.4, 0.5) is 22.4 Å². The molecule has 0 radical (unpaired) electrons. The van der Waals surface area contributed by atoms with Gasteiger partial charge in [-0.25, -0.2) is 9.18 Å². The van der Waals surface area contributed by atoms with Crippen LogP contribution >= 0.6 is 0 Å². The Morgan fingerprint density at radius 2 is 1.87 bits per heavy atom. The maximum Gasteiger partial charge on any atom is 0.416 e. The molecule has 0 saturated carbocycles.